The van der Waals surface area contributed by atoms with Crippen LogP contribution in [0.5, 0.6) is 0 Å². The zero-order chi connectivity index (χ0) is 13.0. The number of carboxylic acids is 1. The maximum atomic E-state index is 11.9. The topological polar surface area (TPSA) is 57.5 Å². The van der Waals surface area contributed by atoms with E-state index in [2.05, 4.69) is 0 Å². The van der Waals surface area contributed by atoms with Crippen LogP contribution in [-0.4, -0.2) is 22.3 Å². The van der Waals surface area contributed by atoms with Gasteiger partial charge in [-0.2, -0.15) is 0 Å². The molecule has 2 N–H and O–H groups in total. The van der Waals surface area contributed by atoms with Gasteiger partial charge in [0.05, 0.1) is 11.5 Å². The molecule has 2 aliphatic rings. The van der Waals surface area contributed by atoms with Gasteiger partial charge in [0.15, 0.2) is 0 Å². The molecule has 0 amide bonds. The van der Waals surface area contributed by atoms with Crippen LogP contribution in [0, 0.1) is 11.3 Å². The van der Waals surface area contributed by atoms with Crippen molar-refractivity contribution in [2.24, 2.45) is 11.3 Å². The Morgan fingerprint density at radius 1 is 0.889 bits per heavy atom. The molecule has 0 radical (unpaired) electrons. The zero-order valence-electron chi connectivity index (χ0n) is 11.2. The average molecular weight is 254 g/mol. The molecule has 2 aliphatic carbocycles. The Kier molecular flexibility index (Phi) is 4.66. The van der Waals surface area contributed by atoms with Crippen molar-refractivity contribution in [3.05, 3.63) is 0 Å². The summed E-state index contributed by atoms with van der Waals surface area (Å²) >= 11 is 0. The molecule has 3 heteroatoms. The minimum Gasteiger partial charge on any atom is -0.481 e. The minimum absolute atomic E-state index is 0.281. The summed E-state index contributed by atoms with van der Waals surface area (Å²) in [7, 11) is 0. The van der Waals surface area contributed by atoms with Crippen molar-refractivity contribution in [3.63, 3.8) is 0 Å². The van der Waals surface area contributed by atoms with Crippen LogP contribution in [0.1, 0.15) is 70.6 Å². The van der Waals surface area contributed by atoms with Crippen molar-refractivity contribution >= 4 is 5.97 Å². The van der Waals surface area contributed by atoms with Crippen LogP contribution in [0.3, 0.4) is 0 Å². The number of hydrogen-bond donors (Lipinski definition) is 2. The summed E-state index contributed by atoms with van der Waals surface area (Å²) in [5.74, 6) is -0.272. The summed E-state index contributed by atoms with van der Waals surface area (Å²) in [5.41, 5.74) is -0.540. The van der Waals surface area contributed by atoms with Crippen molar-refractivity contribution in [2.75, 3.05) is 0 Å². The third-order valence-corrected chi connectivity index (χ3v) is 5.15. The summed E-state index contributed by atoms with van der Waals surface area (Å²) in [4.78, 5) is 11.9. The van der Waals surface area contributed by atoms with Gasteiger partial charge in [-0.05, 0) is 50.9 Å². The van der Waals surface area contributed by atoms with E-state index in [0.29, 0.717) is 18.8 Å². The van der Waals surface area contributed by atoms with E-state index in [9.17, 15) is 15.0 Å². The number of rotatable bonds is 2. The van der Waals surface area contributed by atoms with Crippen molar-refractivity contribution in [1.82, 2.24) is 0 Å². The van der Waals surface area contributed by atoms with E-state index >= 15 is 0 Å². The van der Waals surface area contributed by atoms with Crippen LogP contribution in [-0.2, 0) is 4.79 Å². The lowest BCUT2D eigenvalue weighted by Crippen LogP contribution is -2.38. The van der Waals surface area contributed by atoms with Crippen molar-refractivity contribution in [3.8, 4) is 0 Å². The Morgan fingerprint density at radius 2 is 1.56 bits per heavy atom. The van der Waals surface area contributed by atoms with Crippen molar-refractivity contribution < 1.29 is 15.0 Å². The molecule has 104 valence electrons. The highest BCUT2D eigenvalue weighted by atomic mass is 16.4. The Bertz CT molecular complexity index is 281. The van der Waals surface area contributed by atoms with E-state index in [1.807, 2.05) is 0 Å². The lowest BCUT2D eigenvalue weighted by Gasteiger charge is -2.36. The fourth-order valence-electron chi connectivity index (χ4n) is 3.98. The Balaban J connectivity index is 2.16. The molecule has 0 aliphatic heterocycles. The van der Waals surface area contributed by atoms with Gasteiger partial charge in [0.1, 0.15) is 0 Å². The van der Waals surface area contributed by atoms with Crippen molar-refractivity contribution in [1.29, 1.82) is 0 Å². The van der Waals surface area contributed by atoms with E-state index in [0.717, 1.165) is 32.1 Å². The number of carbonyl (C=O) groups is 1. The number of carboxylic acid groups (broad SMARTS) is 1. The second-order valence-corrected chi connectivity index (χ2v) is 6.23. The molecule has 2 fully saturated rings. The summed E-state index contributed by atoms with van der Waals surface area (Å²) in [6.45, 7) is 0. The predicted octanol–water partition coefficient (Wildman–Crippen LogP) is 3.35. The smallest absolute Gasteiger partial charge is 0.309 e. The van der Waals surface area contributed by atoms with Crippen LogP contribution >= 0.6 is 0 Å². The molecular formula is C15H26O3. The maximum absolute atomic E-state index is 11.9. The van der Waals surface area contributed by atoms with E-state index in [4.69, 9.17) is 0 Å². The largest absolute Gasteiger partial charge is 0.481 e. The first-order valence-corrected chi connectivity index (χ1v) is 7.56. The molecule has 2 rings (SSSR count). The first-order chi connectivity index (χ1) is 8.65. The summed E-state index contributed by atoms with van der Waals surface area (Å²) in [6.07, 6.45) is 10.5. The van der Waals surface area contributed by atoms with Gasteiger partial charge in [-0.1, -0.05) is 25.7 Å². The summed E-state index contributed by atoms with van der Waals surface area (Å²) < 4.78 is 0. The molecule has 2 unspecified atom stereocenters. The predicted molar refractivity (Wildman–Crippen MR) is 70.4 cm³/mol. The van der Waals surface area contributed by atoms with Gasteiger partial charge in [0.25, 0.3) is 0 Å². The molecule has 2 saturated carbocycles. The van der Waals surface area contributed by atoms with Crippen LogP contribution in [0.25, 0.3) is 0 Å². The SMILES string of the molecule is O=C(O)C1(C2CCCCCC2)CCCC(O)CC1. The molecular weight excluding hydrogens is 228 g/mol. The second kappa shape index (κ2) is 6.05. The monoisotopic (exact) mass is 254 g/mol. The van der Waals surface area contributed by atoms with Gasteiger partial charge < -0.3 is 10.2 Å². The molecule has 3 nitrogen and oxygen atoms in total. The van der Waals surface area contributed by atoms with Gasteiger partial charge in [-0.3, -0.25) is 4.79 Å². The van der Waals surface area contributed by atoms with Crippen LogP contribution in [0.2, 0.25) is 0 Å². The maximum Gasteiger partial charge on any atom is 0.309 e. The van der Waals surface area contributed by atoms with E-state index in [-0.39, 0.29) is 6.10 Å². The lowest BCUT2D eigenvalue weighted by molar-refractivity contribution is -0.154. The average Bonchev–Trinajstić information content (AvgIpc) is 2.70. The normalized spacial score (nSPS) is 35.7. The van der Waals surface area contributed by atoms with E-state index < -0.39 is 11.4 Å². The molecule has 0 spiro atoms. The van der Waals surface area contributed by atoms with Crippen LogP contribution < -0.4 is 0 Å². The Labute approximate surface area is 110 Å². The Hall–Kier alpha value is -0.570. The minimum atomic E-state index is -0.608. The molecule has 0 aromatic heterocycles. The number of aliphatic hydroxyl groups excluding tert-OH is 1. The fraction of sp³-hybridized carbons (Fsp3) is 0.933. The van der Waals surface area contributed by atoms with Gasteiger partial charge in [0, 0.05) is 0 Å². The van der Waals surface area contributed by atoms with Gasteiger partial charge in [0.2, 0.25) is 0 Å². The first kappa shape index (κ1) is 13.9. The van der Waals surface area contributed by atoms with E-state index in [1.54, 1.807) is 0 Å². The molecule has 0 aromatic carbocycles. The fourth-order valence-corrected chi connectivity index (χ4v) is 3.98. The molecule has 0 aromatic rings. The molecule has 18 heavy (non-hydrogen) atoms. The zero-order valence-corrected chi connectivity index (χ0v) is 11.2. The third kappa shape index (κ3) is 2.87. The standard InChI is InChI=1S/C15H26O3/c16-13-8-5-10-15(11-9-13,14(17)18)12-6-3-1-2-4-7-12/h12-13,16H,1-11H2,(H,17,18). The number of hydrogen-bond acceptors (Lipinski definition) is 2. The number of aliphatic carboxylic acids is 1. The number of aliphatic hydroxyl groups is 1. The third-order valence-electron chi connectivity index (χ3n) is 5.15. The second-order valence-electron chi connectivity index (χ2n) is 6.23. The Morgan fingerprint density at radius 3 is 2.17 bits per heavy atom. The highest BCUT2D eigenvalue weighted by Gasteiger charge is 2.45. The molecule has 0 heterocycles. The summed E-state index contributed by atoms with van der Waals surface area (Å²) in [5, 5.41) is 19.5. The van der Waals surface area contributed by atoms with Gasteiger partial charge >= 0.3 is 5.97 Å². The van der Waals surface area contributed by atoms with Gasteiger partial charge in [-0.25, -0.2) is 0 Å². The first-order valence-electron chi connectivity index (χ1n) is 7.56. The molecule has 0 bridgehead atoms. The molecule has 2 atom stereocenters. The van der Waals surface area contributed by atoms with Crippen molar-refractivity contribution in [2.45, 2.75) is 76.7 Å². The van der Waals surface area contributed by atoms with Crippen LogP contribution in [0.4, 0.5) is 0 Å². The van der Waals surface area contributed by atoms with E-state index in [1.165, 1.54) is 25.7 Å². The molecule has 0 saturated heterocycles. The van der Waals surface area contributed by atoms with Gasteiger partial charge in [-0.15, -0.1) is 0 Å². The summed E-state index contributed by atoms with van der Waals surface area (Å²) in [6, 6.07) is 0. The van der Waals surface area contributed by atoms with Crippen LogP contribution in [0.15, 0.2) is 0 Å². The quantitative estimate of drug-likeness (QED) is 0.743. The highest BCUT2D eigenvalue weighted by Crippen LogP contribution is 2.47. The highest BCUT2D eigenvalue weighted by molar-refractivity contribution is 5.75. The lowest BCUT2D eigenvalue weighted by atomic mass is 9.67.